The SMILES string of the molecule is CCOc1cc(C=NN=C(N)SCc2ccccc2)cc(Br)c1OCC(=O)O. The van der Waals surface area contributed by atoms with Crippen molar-refractivity contribution in [2.24, 2.45) is 15.9 Å². The van der Waals surface area contributed by atoms with Gasteiger partial charge in [-0.25, -0.2) is 4.79 Å². The number of nitrogens with zero attached hydrogens (tertiary/aromatic N) is 2. The molecule has 0 saturated heterocycles. The van der Waals surface area contributed by atoms with Crippen LogP contribution in [0.15, 0.2) is 57.1 Å². The van der Waals surface area contributed by atoms with E-state index >= 15 is 0 Å². The summed E-state index contributed by atoms with van der Waals surface area (Å²) in [6.45, 7) is 1.76. The van der Waals surface area contributed by atoms with Crippen LogP contribution in [0.4, 0.5) is 0 Å². The number of aliphatic carboxylic acids is 1. The Morgan fingerprint density at radius 1 is 1.29 bits per heavy atom. The summed E-state index contributed by atoms with van der Waals surface area (Å²) in [6, 6.07) is 13.4. The number of hydrogen-bond donors (Lipinski definition) is 2. The van der Waals surface area contributed by atoms with Crippen molar-refractivity contribution in [1.29, 1.82) is 0 Å². The van der Waals surface area contributed by atoms with Crippen molar-refractivity contribution >= 4 is 45.0 Å². The second kappa shape index (κ2) is 11.4. The Morgan fingerprint density at radius 2 is 2.04 bits per heavy atom. The van der Waals surface area contributed by atoms with E-state index in [4.69, 9.17) is 20.3 Å². The van der Waals surface area contributed by atoms with E-state index in [1.54, 1.807) is 12.1 Å². The number of ether oxygens (including phenoxy) is 2. The third-order valence-corrected chi connectivity index (χ3v) is 4.71. The van der Waals surface area contributed by atoms with Gasteiger partial charge in [0, 0.05) is 5.75 Å². The molecule has 0 saturated carbocycles. The molecule has 0 atom stereocenters. The molecule has 9 heteroatoms. The number of carboxylic acid groups (broad SMARTS) is 1. The number of carboxylic acids is 1. The second-order valence-electron chi connectivity index (χ2n) is 5.40. The molecule has 0 aliphatic rings. The second-order valence-corrected chi connectivity index (χ2v) is 7.25. The van der Waals surface area contributed by atoms with Gasteiger partial charge in [0.2, 0.25) is 0 Å². The summed E-state index contributed by atoms with van der Waals surface area (Å²) in [6.07, 6.45) is 1.53. The van der Waals surface area contributed by atoms with Gasteiger partial charge in [0.15, 0.2) is 23.3 Å². The van der Waals surface area contributed by atoms with Crippen LogP contribution < -0.4 is 15.2 Å². The van der Waals surface area contributed by atoms with Gasteiger partial charge in [-0.2, -0.15) is 5.10 Å². The van der Waals surface area contributed by atoms with Crippen LogP contribution in [0.2, 0.25) is 0 Å². The topological polar surface area (TPSA) is 107 Å². The predicted octanol–water partition coefficient (Wildman–Crippen LogP) is 3.89. The normalized spacial score (nSPS) is 11.6. The first-order valence-corrected chi connectivity index (χ1v) is 10.1. The van der Waals surface area contributed by atoms with Gasteiger partial charge in [0.05, 0.1) is 17.3 Å². The molecule has 28 heavy (non-hydrogen) atoms. The molecule has 0 fully saturated rings. The molecule has 7 nitrogen and oxygen atoms in total. The van der Waals surface area contributed by atoms with Crippen molar-refractivity contribution in [1.82, 2.24) is 0 Å². The van der Waals surface area contributed by atoms with Gasteiger partial charge in [-0.3, -0.25) is 0 Å². The minimum absolute atomic E-state index is 0.322. The number of nitrogens with two attached hydrogens (primary N) is 1. The van der Waals surface area contributed by atoms with Gasteiger partial charge in [-0.1, -0.05) is 42.1 Å². The molecule has 0 heterocycles. The fourth-order valence-electron chi connectivity index (χ4n) is 2.11. The lowest BCUT2D eigenvalue weighted by molar-refractivity contribution is -0.139. The lowest BCUT2D eigenvalue weighted by Gasteiger charge is -2.13. The highest BCUT2D eigenvalue weighted by Gasteiger charge is 2.13. The van der Waals surface area contributed by atoms with E-state index in [2.05, 4.69) is 26.1 Å². The van der Waals surface area contributed by atoms with Gasteiger partial charge in [0.1, 0.15) is 0 Å². The van der Waals surface area contributed by atoms with Crippen LogP contribution in [0.3, 0.4) is 0 Å². The maximum absolute atomic E-state index is 10.7. The molecular formula is C19H20BrN3O4S. The molecule has 148 valence electrons. The third kappa shape index (κ3) is 7.24. The summed E-state index contributed by atoms with van der Waals surface area (Å²) >= 11 is 4.76. The quantitative estimate of drug-likeness (QED) is 0.330. The Morgan fingerprint density at radius 3 is 2.71 bits per heavy atom. The maximum Gasteiger partial charge on any atom is 0.341 e. The highest BCUT2D eigenvalue weighted by atomic mass is 79.9. The van der Waals surface area contributed by atoms with E-state index in [0.717, 1.165) is 5.56 Å². The number of hydrogen-bond acceptors (Lipinski definition) is 6. The number of amidine groups is 1. The Hall–Kier alpha value is -2.52. The molecule has 0 aliphatic carbocycles. The zero-order valence-corrected chi connectivity index (χ0v) is 17.6. The maximum atomic E-state index is 10.7. The predicted molar refractivity (Wildman–Crippen MR) is 115 cm³/mol. The van der Waals surface area contributed by atoms with E-state index in [1.807, 2.05) is 37.3 Å². The van der Waals surface area contributed by atoms with Gasteiger partial charge in [0.25, 0.3) is 0 Å². The van der Waals surface area contributed by atoms with Gasteiger partial charge in [-0.15, -0.1) is 5.10 Å². The minimum atomic E-state index is -1.07. The summed E-state index contributed by atoms with van der Waals surface area (Å²) in [5.74, 6) is 0.372. The van der Waals surface area contributed by atoms with E-state index in [1.165, 1.54) is 18.0 Å². The number of halogens is 1. The summed E-state index contributed by atoms with van der Waals surface area (Å²) in [5, 5.41) is 17.1. The zero-order valence-electron chi connectivity index (χ0n) is 15.2. The number of carbonyl (C=O) groups is 1. The van der Waals surface area contributed by atoms with Gasteiger partial charge in [-0.05, 0) is 46.1 Å². The Balaban J connectivity index is 2.06. The van der Waals surface area contributed by atoms with E-state index < -0.39 is 12.6 Å². The van der Waals surface area contributed by atoms with E-state index in [-0.39, 0.29) is 0 Å². The average Bonchev–Trinajstić information content (AvgIpc) is 2.66. The molecule has 2 rings (SSSR count). The highest BCUT2D eigenvalue weighted by molar-refractivity contribution is 9.10. The van der Waals surface area contributed by atoms with Crippen LogP contribution in [0, 0.1) is 0 Å². The van der Waals surface area contributed by atoms with Gasteiger partial charge >= 0.3 is 5.97 Å². The molecule has 0 amide bonds. The van der Waals surface area contributed by atoms with Crippen LogP contribution in [0.25, 0.3) is 0 Å². The lowest BCUT2D eigenvalue weighted by atomic mass is 10.2. The average molecular weight is 466 g/mol. The van der Waals surface area contributed by atoms with Crippen molar-refractivity contribution in [2.45, 2.75) is 12.7 Å². The standard InChI is InChI=1S/C19H20BrN3O4S/c1-2-26-16-9-14(8-15(20)18(16)27-11-17(24)25)10-22-23-19(21)28-12-13-6-4-3-5-7-13/h3-10H,2,11-12H2,1H3,(H2,21,23)(H,24,25). The van der Waals surface area contributed by atoms with Crippen molar-refractivity contribution in [3.63, 3.8) is 0 Å². The van der Waals surface area contributed by atoms with Crippen molar-refractivity contribution < 1.29 is 19.4 Å². The monoisotopic (exact) mass is 465 g/mol. The molecule has 0 radical (unpaired) electrons. The van der Waals surface area contributed by atoms with E-state index in [9.17, 15) is 4.79 Å². The first kappa shape index (κ1) is 21.8. The van der Waals surface area contributed by atoms with Crippen LogP contribution in [0.5, 0.6) is 11.5 Å². The van der Waals surface area contributed by atoms with Gasteiger partial charge < -0.3 is 20.3 Å². The zero-order chi connectivity index (χ0) is 20.4. The Kier molecular flexibility index (Phi) is 8.83. The number of benzene rings is 2. The fraction of sp³-hybridized carbons (Fsp3) is 0.211. The highest BCUT2D eigenvalue weighted by Crippen LogP contribution is 2.36. The first-order chi connectivity index (χ1) is 13.5. The molecule has 2 aromatic carbocycles. The fourth-order valence-corrected chi connectivity index (χ4v) is 3.30. The molecule has 2 aromatic rings. The number of thioether (sulfide) groups is 1. The molecule has 0 aromatic heterocycles. The van der Waals surface area contributed by atoms with Crippen molar-refractivity contribution in [3.8, 4) is 11.5 Å². The number of rotatable bonds is 9. The summed E-state index contributed by atoms with van der Waals surface area (Å²) in [7, 11) is 0. The molecule has 0 bridgehead atoms. The Bertz CT molecular complexity index is 860. The molecule has 0 unspecified atom stereocenters. The van der Waals surface area contributed by atoms with Crippen molar-refractivity contribution in [3.05, 3.63) is 58.1 Å². The lowest BCUT2D eigenvalue weighted by Crippen LogP contribution is -2.11. The summed E-state index contributed by atoms with van der Waals surface area (Å²) in [5.41, 5.74) is 7.72. The smallest absolute Gasteiger partial charge is 0.341 e. The molecule has 0 aliphatic heterocycles. The van der Waals surface area contributed by atoms with Crippen LogP contribution in [-0.2, 0) is 10.5 Å². The third-order valence-electron chi connectivity index (χ3n) is 3.26. The van der Waals surface area contributed by atoms with Crippen molar-refractivity contribution in [2.75, 3.05) is 13.2 Å². The minimum Gasteiger partial charge on any atom is -0.490 e. The van der Waals surface area contributed by atoms with Crippen LogP contribution in [-0.4, -0.2) is 35.7 Å². The largest absolute Gasteiger partial charge is 0.490 e. The molecule has 0 spiro atoms. The molecular weight excluding hydrogens is 446 g/mol. The van der Waals surface area contributed by atoms with E-state index in [0.29, 0.717) is 39.1 Å². The summed E-state index contributed by atoms with van der Waals surface area (Å²) < 4.78 is 11.4. The molecule has 3 N–H and O–H groups in total. The van der Waals surface area contributed by atoms with Crippen LogP contribution >= 0.6 is 27.7 Å². The Labute approximate surface area is 175 Å². The first-order valence-electron chi connectivity index (χ1n) is 8.33. The summed E-state index contributed by atoms with van der Waals surface area (Å²) in [4.78, 5) is 10.7. The van der Waals surface area contributed by atoms with Crippen LogP contribution in [0.1, 0.15) is 18.1 Å².